The van der Waals surface area contributed by atoms with Gasteiger partial charge < -0.3 is 10.6 Å². The second-order valence-corrected chi connectivity index (χ2v) is 8.82. The van der Waals surface area contributed by atoms with Gasteiger partial charge in [0, 0.05) is 12.8 Å². The number of urea groups is 1. The van der Waals surface area contributed by atoms with Crippen molar-refractivity contribution in [3.05, 3.63) is 77.9 Å². The Kier molecular flexibility index (Phi) is 6.28. The average Bonchev–Trinajstić information content (AvgIpc) is 3.19. The zero-order valence-electron chi connectivity index (χ0n) is 16.2. The molecule has 0 aliphatic carbocycles. The molecule has 29 heavy (non-hydrogen) atoms. The number of carbonyl (C=O) groups is 1. The van der Waals surface area contributed by atoms with Crippen LogP contribution in [0.25, 0.3) is 0 Å². The molecule has 0 fully saturated rings. The van der Waals surface area contributed by atoms with Crippen LogP contribution in [0.2, 0.25) is 0 Å². The van der Waals surface area contributed by atoms with E-state index < -0.39 is 9.84 Å². The number of aromatic nitrogens is 3. The monoisotopic (exact) mass is 413 g/mol. The fraction of sp³-hybridized carbons (Fsp3) is 0.250. The maximum absolute atomic E-state index is 12.2. The normalized spacial score (nSPS) is 12.3. The van der Waals surface area contributed by atoms with Crippen LogP contribution in [0, 0.1) is 0 Å². The Bertz CT molecular complexity index is 1060. The molecule has 1 atom stereocenters. The maximum atomic E-state index is 12.2. The van der Waals surface area contributed by atoms with Crippen molar-refractivity contribution in [1.29, 1.82) is 0 Å². The van der Waals surface area contributed by atoms with E-state index in [1.165, 1.54) is 6.33 Å². The van der Waals surface area contributed by atoms with E-state index in [-0.39, 0.29) is 17.0 Å². The molecule has 0 saturated heterocycles. The topological polar surface area (TPSA) is 106 Å². The van der Waals surface area contributed by atoms with Gasteiger partial charge in [0.1, 0.15) is 12.7 Å². The first-order valence-corrected chi connectivity index (χ1v) is 10.9. The number of hydrogen-bond acceptors (Lipinski definition) is 5. The third-order valence-electron chi connectivity index (χ3n) is 4.41. The zero-order chi connectivity index (χ0) is 20.9. The van der Waals surface area contributed by atoms with Crippen molar-refractivity contribution in [3.8, 4) is 0 Å². The van der Waals surface area contributed by atoms with E-state index in [1.807, 2.05) is 31.2 Å². The standard InChI is InChI=1S/C20H23N5O3S/c1-15(18-6-8-19(9-7-18)29(2,27)28)24-20(26)22-11-16-4-3-5-17(10-16)12-25-14-21-13-23-25/h3-10,13-15H,11-12H2,1-2H3,(H2,22,24,26). The minimum Gasteiger partial charge on any atom is -0.334 e. The Labute approximate surface area is 169 Å². The molecule has 152 valence electrons. The van der Waals surface area contributed by atoms with Gasteiger partial charge in [-0.25, -0.2) is 22.9 Å². The molecule has 2 aromatic carbocycles. The summed E-state index contributed by atoms with van der Waals surface area (Å²) in [6, 6.07) is 13.8. The molecule has 1 aromatic heterocycles. The van der Waals surface area contributed by atoms with Crippen LogP contribution in [0.5, 0.6) is 0 Å². The number of amides is 2. The number of hydrogen-bond donors (Lipinski definition) is 2. The first-order valence-electron chi connectivity index (χ1n) is 9.06. The summed E-state index contributed by atoms with van der Waals surface area (Å²) < 4.78 is 24.8. The molecule has 3 rings (SSSR count). The Hall–Kier alpha value is -3.20. The van der Waals surface area contributed by atoms with Gasteiger partial charge in [0.2, 0.25) is 0 Å². The summed E-state index contributed by atoms with van der Waals surface area (Å²) in [5.41, 5.74) is 2.86. The van der Waals surface area contributed by atoms with Crippen LogP contribution >= 0.6 is 0 Å². The average molecular weight is 414 g/mol. The quantitative estimate of drug-likeness (QED) is 0.618. The molecule has 0 aliphatic heterocycles. The lowest BCUT2D eigenvalue weighted by molar-refractivity contribution is 0.237. The number of sulfone groups is 1. The molecule has 1 heterocycles. The van der Waals surface area contributed by atoms with E-state index in [1.54, 1.807) is 35.3 Å². The van der Waals surface area contributed by atoms with Crippen LogP contribution in [-0.2, 0) is 22.9 Å². The second-order valence-electron chi connectivity index (χ2n) is 6.80. The highest BCUT2D eigenvalue weighted by Crippen LogP contribution is 2.16. The molecule has 0 spiro atoms. The number of benzene rings is 2. The lowest BCUT2D eigenvalue weighted by atomic mass is 10.1. The fourth-order valence-corrected chi connectivity index (χ4v) is 3.49. The Morgan fingerprint density at radius 3 is 2.52 bits per heavy atom. The fourth-order valence-electron chi connectivity index (χ4n) is 2.86. The predicted molar refractivity (Wildman–Crippen MR) is 109 cm³/mol. The molecule has 2 N–H and O–H groups in total. The van der Waals surface area contributed by atoms with Crippen molar-refractivity contribution >= 4 is 15.9 Å². The smallest absolute Gasteiger partial charge is 0.315 e. The molecular formula is C20H23N5O3S. The summed E-state index contributed by atoms with van der Waals surface area (Å²) in [6.07, 6.45) is 4.31. The third-order valence-corrected chi connectivity index (χ3v) is 5.54. The summed E-state index contributed by atoms with van der Waals surface area (Å²) in [5.74, 6) is 0. The van der Waals surface area contributed by atoms with Crippen molar-refractivity contribution in [2.45, 2.75) is 31.0 Å². The highest BCUT2D eigenvalue weighted by molar-refractivity contribution is 7.90. The van der Waals surface area contributed by atoms with Gasteiger partial charge >= 0.3 is 6.03 Å². The van der Waals surface area contributed by atoms with Gasteiger partial charge in [-0.1, -0.05) is 36.4 Å². The van der Waals surface area contributed by atoms with E-state index in [0.717, 1.165) is 22.9 Å². The van der Waals surface area contributed by atoms with Crippen LogP contribution in [0.15, 0.2) is 66.1 Å². The second kappa shape index (κ2) is 8.87. The van der Waals surface area contributed by atoms with Crippen LogP contribution in [0.1, 0.15) is 29.7 Å². The number of rotatable bonds is 7. The van der Waals surface area contributed by atoms with Crippen LogP contribution < -0.4 is 10.6 Å². The van der Waals surface area contributed by atoms with E-state index in [9.17, 15) is 13.2 Å². The lowest BCUT2D eigenvalue weighted by Gasteiger charge is -2.15. The van der Waals surface area contributed by atoms with Gasteiger partial charge in [-0.05, 0) is 35.7 Å². The van der Waals surface area contributed by atoms with Crippen LogP contribution in [0.3, 0.4) is 0 Å². The molecule has 3 aromatic rings. The SMILES string of the molecule is CC(NC(=O)NCc1cccc(Cn2cncn2)c1)c1ccc(S(C)(=O)=O)cc1. The lowest BCUT2D eigenvalue weighted by Crippen LogP contribution is -2.36. The number of carbonyl (C=O) groups excluding carboxylic acids is 1. The van der Waals surface area contributed by atoms with Crippen LogP contribution in [-0.4, -0.2) is 35.5 Å². The van der Waals surface area contributed by atoms with Crippen molar-refractivity contribution in [1.82, 2.24) is 25.4 Å². The van der Waals surface area contributed by atoms with E-state index >= 15 is 0 Å². The third kappa shape index (κ3) is 5.89. The molecule has 0 aliphatic rings. The minimum absolute atomic E-state index is 0.253. The van der Waals surface area contributed by atoms with Crippen molar-refractivity contribution in [3.63, 3.8) is 0 Å². The van der Waals surface area contributed by atoms with Gasteiger partial charge in [0.25, 0.3) is 0 Å². The van der Waals surface area contributed by atoms with Gasteiger partial charge in [0.05, 0.1) is 17.5 Å². The molecule has 0 saturated carbocycles. The molecule has 8 nitrogen and oxygen atoms in total. The Balaban J connectivity index is 1.53. The summed E-state index contributed by atoms with van der Waals surface area (Å²) in [6.45, 7) is 2.84. The van der Waals surface area contributed by atoms with E-state index in [4.69, 9.17) is 0 Å². The largest absolute Gasteiger partial charge is 0.334 e. The molecular weight excluding hydrogens is 390 g/mol. The van der Waals surface area contributed by atoms with Gasteiger partial charge in [0.15, 0.2) is 9.84 Å². The van der Waals surface area contributed by atoms with Gasteiger partial charge in [-0.2, -0.15) is 5.10 Å². The number of nitrogens with zero attached hydrogens (tertiary/aromatic N) is 3. The zero-order valence-corrected chi connectivity index (χ0v) is 17.1. The van der Waals surface area contributed by atoms with E-state index in [2.05, 4.69) is 20.7 Å². The van der Waals surface area contributed by atoms with Crippen LogP contribution in [0.4, 0.5) is 4.79 Å². The Morgan fingerprint density at radius 2 is 1.86 bits per heavy atom. The molecule has 2 amide bonds. The summed E-state index contributed by atoms with van der Waals surface area (Å²) in [4.78, 5) is 16.4. The number of nitrogens with one attached hydrogen (secondary N) is 2. The first-order chi connectivity index (χ1) is 13.8. The van der Waals surface area contributed by atoms with Gasteiger partial charge in [-0.15, -0.1) is 0 Å². The Morgan fingerprint density at radius 1 is 1.14 bits per heavy atom. The molecule has 0 radical (unpaired) electrons. The summed E-state index contributed by atoms with van der Waals surface area (Å²) >= 11 is 0. The van der Waals surface area contributed by atoms with Crippen molar-refractivity contribution < 1.29 is 13.2 Å². The molecule has 0 bridgehead atoms. The highest BCUT2D eigenvalue weighted by Gasteiger charge is 2.12. The van der Waals surface area contributed by atoms with Crippen molar-refractivity contribution in [2.24, 2.45) is 0 Å². The maximum Gasteiger partial charge on any atom is 0.315 e. The minimum atomic E-state index is -3.24. The molecule has 1 unspecified atom stereocenters. The highest BCUT2D eigenvalue weighted by atomic mass is 32.2. The summed E-state index contributed by atoms with van der Waals surface area (Å²) in [7, 11) is -3.24. The van der Waals surface area contributed by atoms with Crippen molar-refractivity contribution in [2.75, 3.05) is 6.26 Å². The molecule has 9 heteroatoms. The predicted octanol–water partition coefficient (Wildman–Crippen LogP) is 2.29. The first kappa shape index (κ1) is 20.5. The van der Waals surface area contributed by atoms with E-state index in [0.29, 0.717) is 13.1 Å². The van der Waals surface area contributed by atoms with Gasteiger partial charge in [-0.3, -0.25) is 0 Å². The summed E-state index contributed by atoms with van der Waals surface area (Å²) in [5, 5.41) is 9.78.